The van der Waals surface area contributed by atoms with Crippen LogP contribution in [0.5, 0.6) is 5.75 Å². The standard InChI is InChI=1S/C18H15ClN2O5S/c19-11-6-5-10(27-11)14-12-13(16(24)20-15(12)23)18(21-14,17(25)26)7-8-1-3-9(22)4-2-8/h1-6,12-14,21-22H,7H2,(H,25,26)(H,20,23,24). The molecule has 3 heterocycles. The molecule has 4 rings (SSSR count). The number of fused-ring (bicyclic) bond motifs is 1. The van der Waals surface area contributed by atoms with E-state index in [9.17, 15) is 24.6 Å². The number of aromatic hydroxyl groups is 1. The normalized spacial score (nSPS) is 29.6. The number of nitrogens with one attached hydrogen (secondary N) is 2. The van der Waals surface area contributed by atoms with Gasteiger partial charge in [0.05, 0.1) is 22.2 Å². The summed E-state index contributed by atoms with van der Waals surface area (Å²) in [6.07, 6.45) is -0.0138. The van der Waals surface area contributed by atoms with Crippen molar-refractivity contribution < 1.29 is 24.6 Å². The first-order valence-electron chi connectivity index (χ1n) is 8.21. The van der Waals surface area contributed by atoms with Crippen LogP contribution in [0.1, 0.15) is 16.5 Å². The van der Waals surface area contributed by atoms with E-state index in [2.05, 4.69) is 10.6 Å². The van der Waals surface area contributed by atoms with E-state index in [0.717, 1.165) is 0 Å². The van der Waals surface area contributed by atoms with Crippen molar-refractivity contribution >= 4 is 40.7 Å². The fourth-order valence-electron chi connectivity index (χ4n) is 4.04. The van der Waals surface area contributed by atoms with E-state index >= 15 is 0 Å². The van der Waals surface area contributed by atoms with Crippen molar-refractivity contribution in [3.05, 3.63) is 51.2 Å². The fourth-order valence-corrected chi connectivity index (χ4v) is 5.20. The Morgan fingerprint density at radius 1 is 1.15 bits per heavy atom. The molecule has 2 amide bonds. The minimum Gasteiger partial charge on any atom is -0.508 e. The van der Waals surface area contributed by atoms with Gasteiger partial charge in [0.1, 0.15) is 11.3 Å². The molecule has 2 aliphatic heterocycles. The molecule has 0 spiro atoms. The van der Waals surface area contributed by atoms with Crippen LogP contribution < -0.4 is 10.6 Å². The Labute approximate surface area is 163 Å². The molecule has 4 atom stereocenters. The van der Waals surface area contributed by atoms with Crippen LogP contribution in [-0.4, -0.2) is 33.5 Å². The Balaban J connectivity index is 1.80. The van der Waals surface area contributed by atoms with Crippen molar-refractivity contribution in [3.8, 4) is 5.75 Å². The number of carbonyl (C=O) groups excluding carboxylic acids is 2. The van der Waals surface area contributed by atoms with E-state index in [1.165, 1.54) is 23.5 Å². The van der Waals surface area contributed by atoms with E-state index in [1.54, 1.807) is 24.3 Å². The molecule has 4 N–H and O–H groups in total. The SMILES string of the molecule is O=C1NC(=O)C2C1C(c1ccc(Cl)s1)NC2(Cc1ccc(O)cc1)C(=O)O. The lowest BCUT2D eigenvalue weighted by molar-refractivity contribution is -0.149. The number of benzene rings is 1. The number of halogens is 1. The van der Waals surface area contributed by atoms with Gasteiger partial charge in [0.2, 0.25) is 11.8 Å². The molecular weight excluding hydrogens is 392 g/mol. The number of imide groups is 1. The van der Waals surface area contributed by atoms with Gasteiger partial charge < -0.3 is 10.2 Å². The highest BCUT2D eigenvalue weighted by Gasteiger charge is 2.66. The molecule has 27 heavy (non-hydrogen) atoms. The topological polar surface area (TPSA) is 116 Å². The Morgan fingerprint density at radius 3 is 2.44 bits per heavy atom. The largest absolute Gasteiger partial charge is 0.508 e. The molecule has 0 saturated carbocycles. The van der Waals surface area contributed by atoms with Crippen LogP contribution in [0, 0.1) is 11.8 Å². The van der Waals surface area contributed by atoms with Crippen molar-refractivity contribution in [2.24, 2.45) is 11.8 Å². The minimum atomic E-state index is -1.65. The maximum atomic E-state index is 12.5. The number of rotatable bonds is 4. The summed E-state index contributed by atoms with van der Waals surface area (Å²) in [5, 5.41) is 24.9. The van der Waals surface area contributed by atoms with Crippen LogP contribution in [-0.2, 0) is 20.8 Å². The van der Waals surface area contributed by atoms with Crippen LogP contribution in [0.15, 0.2) is 36.4 Å². The number of phenols is 1. The Morgan fingerprint density at radius 2 is 1.85 bits per heavy atom. The summed E-state index contributed by atoms with van der Waals surface area (Å²) in [4.78, 5) is 38.0. The van der Waals surface area contributed by atoms with Gasteiger partial charge >= 0.3 is 5.97 Å². The summed E-state index contributed by atoms with van der Waals surface area (Å²) in [5.74, 6) is -4.12. The highest BCUT2D eigenvalue weighted by molar-refractivity contribution is 7.16. The second-order valence-corrected chi connectivity index (χ2v) is 8.49. The van der Waals surface area contributed by atoms with Crippen LogP contribution in [0.2, 0.25) is 4.34 Å². The summed E-state index contributed by atoms with van der Waals surface area (Å²) >= 11 is 7.25. The molecule has 0 bridgehead atoms. The third-order valence-electron chi connectivity index (χ3n) is 5.20. The number of thiophene rings is 1. The maximum Gasteiger partial charge on any atom is 0.325 e. The number of hydrogen-bond donors (Lipinski definition) is 4. The van der Waals surface area contributed by atoms with Gasteiger partial charge in [-0.25, -0.2) is 0 Å². The summed E-state index contributed by atoms with van der Waals surface area (Å²) in [6.45, 7) is 0. The van der Waals surface area contributed by atoms with Crippen molar-refractivity contribution in [3.63, 3.8) is 0 Å². The lowest BCUT2D eigenvalue weighted by Crippen LogP contribution is -2.57. The molecule has 7 nitrogen and oxygen atoms in total. The van der Waals surface area contributed by atoms with Crippen LogP contribution in [0.4, 0.5) is 0 Å². The second-order valence-electron chi connectivity index (χ2n) is 6.74. The Kier molecular flexibility index (Phi) is 4.21. The van der Waals surface area contributed by atoms with E-state index in [-0.39, 0.29) is 12.2 Å². The molecule has 1 aromatic carbocycles. The third-order valence-corrected chi connectivity index (χ3v) is 6.51. The lowest BCUT2D eigenvalue weighted by Gasteiger charge is -2.30. The molecule has 4 unspecified atom stereocenters. The number of amides is 2. The molecule has 2 aromatic rings. The van der Waals surface area contributed by atoms with E-state index in [0.29, 0.717) is 14.8 Å². The lowest BCUT2D eigenvalue weighted by atomic mass is 9.76. The van der Waals surface area contributed by atoms with Gasteiger partial charge in [0.15, 0.2) is 0 Å². The van der Waals surface area contributed by atoms with Gasteiger partial charge in [-0.3, -0.25) is 25.0 Å². The molecule has 0 aliphatic carbocycles. The summed E-state index contributed by atoms with van der Waals surface area (Å²) in [5.41, 5.74) is -1.03. The predicted octanol–water partition coefficient (Wildman–Crippen LogP) is 1.71. The second kappa shape index (κ2) is 6.33. The van der Waals surface area contributed by atoms with E-state index in [4.69, 9.17) is 11.6 Å². The van der Waals surface area contributed by atoms with Crippen molar-refractivity contribution in [1.82, 2.24) is 10.6 Å². The summed E-state index contributed by atoms with van der Waals surface area (Å²) in [6, 6.07) is 8.87. The van der Waals surface area contributed by atoms with Gasteiger partial charge in [-0.05, 0) is 29.8 Å². The predicted molar refractivity (Wildman–Crippen MR) is 97.5 cm³/mol. The van der Waals surface area contributed by atoms with Crippen LogP contribution in [0.25, 0.3) is 0 Å². The van der Waals surface area contributed by atoms with Gasteiger partial charge in [0, 0.05) is 11.3 Å². The number of aliphatic carboxylic acids is 1. The van der Waals surface area contributed by atoms with Gasteiger partial charge in [-0.1, -0.05) is 23.7 Å². The van der Waals surface area contributed by atoms with Gasteiger partial charge in [-0.15, -0.1) is 11.3 Å². The first-order valence-corrected chi connectivity index (χ1v) is 9.40. The number of hydrogen-bond acceptors (Lipinski definition) is 6. The third kappa shape index (κ3) is 2.80. The molecule has 2 fully saturated rings. The molecule has 2 saturated heterocycles. The molecule has 9 heteroatoms. The number of phenolic OH excluding ortho intramolecular Hbond substituents is 1. The molecule has 0 radical (unpaired) electrons. The number of carboxylic acids is 1. The van der Waals surface area contributed by atoms with Gasteiger partial charge in [0.25, 0.3) is 0 Å². The molecular formula is C18H15ClN2O5S. The Bertz CT molecular complexity index is 943. The fraction of sp³-hybridized carbons (Fsp3) is 0.278. The first kappa shape index (κ1) is 18.0. The molecule has 2 aliphatic rings. The van der Waals surface area contributed by atoms with E-state index < -0.39 is 41.2 Å². The summed E-state index contributed by atoms with van der Waals surface area (Å²) < 4.78 is 0.513. The van der Waals surface area contributed by atoms with Crippen molar-refractivity contribution in [2.45, 2.75) is 18.0 Å². The monoisotopic (exact) mass is 406 g/mol. The molecule has 1 aromatic heterocycles. The zero-order valence-corrected chi connectivity index (χ0v) is 15.4. The van der Waals surface area contributed by atoms with E-state index in [1.807, 2.05) is 0 Å². The van der Waals surface area contributed by atoms with Gasteiger partial charge in [-0.2, -0.15) is 0 Å². The van der Waals surface area contributed by atoms with Crippen LogP contribution in [0.3, 0.4) is 0 Å². The quantitative estimate of drug-likeness (QED) is 0.574. The Hall–Kier alpha value is -2.42. The maximum absolute atomic E-state index is 12.5. The number of carbonyl (C=O) groups is 3. The molecule has 140 valence electrons. The first-order chi connectivity index (χ1) is 12.8. The zero-order chi connectivity index (χ0) is 19.3. The van der Waals surface area contributed by atoms with Crippen molar-refractivity contribution in [1.29, 1.82) is 0 Å². The average Bonchev–Trinajstić information content (AvgIpc) is 3.26. The van der Waals surface area contributed by atoms with Crippen LogP contribution >= 0.6 is 22.9 Å². The zero-order valence-electron chi connectivity index (χ0n) is 13.8. The minimum absolute atomic E-state index is 0.0138. The number of carboxylic acid groups (broad SMARTS) is 1. The van der Waals surface area contributed by atoms with Crippen molar-refractivity contribution in [2.75, 3.05) is 0 Å². The average molecular weight is 407 g/mol. The highest BCUT2D eigenvalue weighted by atomic mass is 35.5. The smallest absolute Gasteiger partial charge is 0.325 e. The summed E-state index contributed by atoms with van der Waals surface area (Å²) in [7, 11) is 0. The highest BCUT2D eigenvalue weighted by Crippen LogP contribution is 2.49.